The summed E-state index contributed by atoms with van der Waals surface area (Å²) in [6, 6.07) is 0. The molecule has 0 bridgehead atoms. The Bertz CT molecular complexity index is 208. The highest BCUT2D eigenvalue weighted by molar-refractivity contribution is 5.69. The number of carbonyl (C=O) groups is 1. The van der Waals surface area contributed by atoms with E-state index in [1.54, 1.807) is 6.08 Å². The van der Waals surface area contributed by atoms with Gasteiger partial charge in [-0.05, 0) is 45.3 Å². The molecule has 86 valence electrons. The molecule has 0 amide bonds. The van der Waals surface area contributed by atoms with Crippen molar-refractivity contribution in [3.05, 3.63) is 12.7 Å². The fraction of sp³-hybridized carbons (Fsp3) is 0.750. The highest BCUT2D eigenvalue weighted by Crippen LogP contribution is 2.20. The van der Waals surface area contributed by atoms with E-state index in [9.17, 15) is 4.79 Å². The van der Waals surface area contributed by atoms with E-state index in [2.05, 4.69) is 18.5 Å². The molecule has 0 radical (unpaired) electrons. The summed E-state index contributed by atoms with van der Waals surface area (Å²) in [5.74, 6) is 0.617. The number of carbonyl (C=O) groups excluding carboxylic acids is 1. The molecule has 0 saturated carbocycles. The summed E-state index contributed by atoms with van der Waals surface area (Å²) in [6.45, 7) is 6.17. The number of likely N-dealkylation sites (tertiary alicyclic amines) is 1. The molecule has 0 aromatic carbocycles. The zero-order chi connectivity index (χ0) is 11.1. The molecule has 3 heteroatoms. The van der Waals surface area contributed by atoms with Crippen LogP contribution in [0.3, 0.4) is 0 Å². The summed E-state index contributed by atoms with van der Waals surface area (Å²) < 4.78 is 4.94. The summed E-state index contributed by atoms with van der Waals surface area (Å²) in [5, 5.41) is 0. The standard InChI is InChI=1S/C12H21NO2/c1-3-10-15-12(14)5-4-11-6-8-13(2)9-7-11/h3,11H,1,4-10H2,2H3. The fourth-order valence-electron chi connectivity index (χ4n) is 1.90. The van der Waals surface area contributed by atoms with E-state index in [-0.39, 0.29) is 5.97 Å². The van der Waals surface area contributed by atoms with Gasteiger partial charge in [-0.1, -0.05) is 12.7 Å². The highest BCUT2D eigenvalue weighted by Gasteiger charge is 2.17. The Morgan fingerprint density at radius 1 is 1.53 bits per heavy atom. The molecule has 0 spiro atoms. The van der Waals surface area contributed by atoms with Gasteiger partial charge in [0.25, 0.3) is 0 Å². The quantitative estimate of drug-likeness (QED) is 0.513. The van der Waals surface area contributed by atoms with E-state index >= 15 is 0 Å². The summed E-state index contributed by atoms with van der Waals surface area (Å²) >= 11 is 0. The Morgan fingerprint density at radius 3 is 2.80 bits per heavy atom. The zero-order valence-corrected chi connectivity index (χ0v) is 9.58. The molecule has 0 aromatic rings. The Balaban J connectivity index is 2.09. The molecule has 0 atom stereocenters. The fourth-order valence-corrected chi connectivity index (χ4v) is 1.90. The smallest absolute Gasteiger partial charge is 0.306 e. The third-order valence-corrected chi connectivity index (χ3v) is 2.96. The molecule has 1 aliphatic heterocycles. The van der Waals surface area contributed by atoms with Crippen LogP contribution >= 0.6 is 0 Å². The molecule has 1 heterocycles. The average Bonchev–Trinajstić information content (AvgIpc) is 2.25. The number of piperidine rings is 1. The Morgan fingerprint density at radius 2 is 2.20 bits per heavy atom. The van der Waals surface area contributed by atoms with Gasteiger partial charge in [0.1, 0.15) is 6.61 Å². The third-order valence-electron chi connectivity index (χ3n) is 2.96. The Hall–Kier alpha value is -0.830. The van der Waals surface area contributed by atoms with Crippen LogP contribution in [0.2, 0.25) is 0 Å². The molecular weight excluding hydrogens is 190 g/mol. The van der Waals surface area contributed by atoms with E-state index < -0.39 is 0 Å². The maximum Gasteiger partial charge on any atom is 0.306 e. The molecule has 15 heavy (non-hydrogen) atoms. The van der Waals surface area contributed by atoms with Crippen molar-refractivity contribution in [2.24, 2.45) is 5.92 Å². The first kappa shape index (κ1) is 12.2. The molecule has 0 aromatic heterocycles. The third kappa shape index (κ3) is 4.98. The average molecular weight is 211 g/mol. The molecule has 0 aliphatic carbocycles. The van der Waals surface area contributed by atoms with Crippen LogP contribution < -0.4 is 0 Å². The predicted octanol–water partition coefficient (Wildman–Crippen LogP) is 1.84. The number of ether oxygens (including phenoxy) is 1. The molecule has 1 rings (SSSR count). The van der Waals surface area contributed by atoms with E-state index in [1.165, 1.54) is 12.8 Å². The largest absolute Gasteiger partial charge is 0.461 e. The van der Waals surface area contributed by atoms with Crippen molar-refractivity contribution in [1.82, 2.24) is 4.90 Å². The predicted molar refractivity (Wildman–Crippen MR) is 60.6 cm³/mol. The summed E-state index contributed by atoms with van der Waals surface area (Å²) in [7, 11) is 2.15. The van der Waals surface area contributed by atoms with Crippen LogP contribution in [0.25, 0.3) is 0 Å². The van der Waals surface area contributed by atoms with Crippen LogP contribution in [0.4, 0.5) is 0 Å². The molecule has 1 aliphatic rings. The van der Waals surface area contributed by atoms with Crippen LogP contribution in [-0.4, -0.2) is 37.6 Å². The minimum Gasteiger partial charge on any atom is -0.461 e. The monoisotopic (exact) mass is 211 g/mol. The number of nitrogens with zero attached hydrogens (tertiary/aromatic N) is 1. The van der Waals surface area contributed by atoms with Gasteiger partial charge in [0.2, 0.25) is 0 Å². The van der Waals surface area contributed by atoms with Crippen molar-refractivity contribution in [2.45, 2.75) is 25.7 Å². The molecule has 1 fully saturated rings. The maximum absolute atomic E-state index is 11.2. The maximum atomic E-state index is 11.2. The van der Waals surface area contributed by atoms with Crippen LogP contribution in [0.5, 0.6) is 0 Å². The van der Waals surface area contributed by atoms with Gasteiger partial charge in [0.05, 0.1) is 0 Å². The first-order valence-corrected chi connectivity index (χ1v) is 5.67. The van der Waals surface area contributed by atoms with Crippen molar-refractivity contribution < 1.29 is 9.53 Å². The van der Waals surface area contributed by atoms with Gasteiger partial charge in [0, 0.05) is 6.42 Å². The molecular formula is C12H21NO2. The minimum atomic E-state index is -0.0890. The number of hydrogen-bond acceptors (Lipinski definition) is 3. The number of hydrogen-bond donors (Lipinski definition) is 0. The number of esters is 1. The van der Waals surface area contributed by atoms with Gasteiger partial charge in [-0.2, -0.15) is 0 Å². The topological polar surface area (TPSA) is 29.5 Å². The lowest BCUT2D eigenvalue weighted by atomic mass is 9.92. The Kier molecular flexibility index (Phi) is 5.40. The lowest BCUT2D eigenvalue weighted by Gasteiger charge is -2.28. The van der Waals surface area contributed by atoms with Gasteiger partial charge in [-0.15, -0.1) is 0 Å². The van der Waals surface area contributed by atoms with Crippen molar-refractivity contribution in [3.63, 3.8) is 0 Å². The van der Waals surface area contributed by atoms with Gasteiger partial charge in [-0.25, -0.2) is 0 Å². The number of rotatable bonds is 5. The molecule has 1 saturated heterocycles. The van der Waals surface area contributed by atoms with E-state index in [0.717, 1.165) is 19.5 Å². The van der Waals surface area contributed by atoms with Gasteiger partial charge < -0.3 is 9.64 Å². The van der Waals surface area contributed by atoms with E-state index in [0.29, 0.717) is 18.9 Å². The molecule has 3 nitrogen and oxygen atoms in total. The summed E-state index contributed by atoms with van der Waals surface area (Å²) in [6.07, 6.45) is 5.57. The Labute approximate surface area is 92.1 Å². The van der Waals surface area contributed by atoms with Crippen LogP contribution in [-0.2, 0) is 9.53 Å². The van der Waals surface area contributed by atoms with E-state index in [1.807, 2.05) is 0 Å². The second-order valence-electron chi connectivity index (χ2n) is 4.26. The lowest BCUT2D eigenvalue weighted by Crippen LogP contribution is -2.30. The van der Waals surface area contributed by atoms with Crippen molar-refractivity contribution in [2.75, 3.05) is 26.7 Å². The van der Waals surface area contributed by atoms with Crippen LogP contribution in [0.1, 0.15) is 25.7 Å². The van der Waals surface area contributed by atoms with Crippen molar-refractivity contribution in [1.29, 1.82) is 0 Å². The lowest BCUT2D eigenvalue weighted by molar-refractivity contribution is -0.142. The SMILES string of the molecule is C=CCOC(=O)CCC1CCN(C)CC1. The van der Waals surface area contributed by atoms with Crippen LogP contribution in [0, 0.1) is 5.92 Å². The molecule has 0 N–H and O–H groups in total. The minimum absolute atomic E-state index is 0.0890. The first-order valence-electron chi connectivity index (χ1n) is 5.67. The zero-order valence-electron chi connectivity index (χ0n) is 9.58. The van der Waals surface area contributed by atoms with E-state index in [4.69, 9.17) is 4.74 Å². The first-order chi connectivity index (χ1) is 7.22. The van der Waals surface area contributed by atoms with Gasteiger partial charge >= 0.3 is 5.97 Å². The second kappa shape index (κ2) is 6.62. The second-order valence-corrected chi connectivity index (χ2v) is 4.26. The normalized spacial score (nSPS) is 18.7. The highest BCUT2D eigenvalue weighted by atomic mass is 16.5. The van der Waals surface area contributed by atoms with Crippen LogP contribution in [0.15, 0.2) is 12.7 Å². The van der Waals surface area contributed by atoms with Gasteiger partial charge in [0.15, 0.2) is 0 Å². The summed E-state index contributed by atoms with van der Waals surface area (Å²) in [4.78, 5) is 13.6. The van der Waals surface area contributed by atoms with Crippen molar-refractivity contribution in [3.8, 4) is 0 Å². The molecule has 0 unspecified atom stereocenters. The van der Waals surface area contributed by atoms with Gasteiger partial charge in [-0.3, -0.25) is 4.79 Å². The van der Waals surface area contributed by atoms with Crippen molar-refractivity contribution >= 4 is 5.97 Å². The summed E-state index contributed by atoms with van der Waals surface area (Å²) in [5.41, 5.74) is 0.